The molecule has 0 unspecified atom stereocenters. The lowest BCUT2D eigenvalue weighted by Gasteiger charge is -2.33. The molecule has 1 aliphatic carbocycles. The first-order valence-electron chi connectivity index (χ1n) is 8.34. The van der Waals surface area contributed by atoms with Gasteiger partial charge in [-0.15, -0.1) is 0 Å². The summed E-state index contributed by atoms with van der Waals surface area (Å²) in [7, 11) is 1.57. The molecule has 0 radical (unpaired) electrons. The molecule has 0 amide bonds. The quantitative estimate of drug-likeness (QED) is 0.798. The number of nitrogens with zero attached hydrogens (tertiary/aromatic N) is 2. The zero-order valence-electron chi connectivity index (χ0n) is 13.8. The van der Waals surface area contributed by atoms with Crippen LogP contribution in [0.4, 0.5) is 0 Å². The highest BCUT2D eigenvalue weighted by atomic mass is 16.5. The van der Waals surface area contributed by atoms with Crippen LogP contribution in [0.3, 0.4) is 0 Å². The van der Waals surface area contributed by atoms with E-state index in [4.69, 9.17) is 14.7 Å². The first kappa shape index (κ1) is 17.6. The number of rotatable bonds is 8. The van der Waals surface area contributed by atoms with Gasteiger partial charge in [0.1, 0.15) is 6.61 Å². The molecular formula is C18H26N2O3. The summed E-state index contributed by atoms with van der Waals surface area (Å²) in [6.07, 6.45) is 6.29. The topological polar surface area (TPSA) is 65.7 Å². The van der Waals surface area contributed by atoms with E-state index in [1.165, 1.54) is 32.1 Å². The molecule has 0 heterocycles. The maximum absolute atomic E-state index is 9.29. The van der Waals surface area contributed by atoms with Gasteiger partial charge >= 0.3 is 0 Å². The van der Waals surface area contributed by atoms with Gasteiger partial charge in [-0.2, -0.15) is 5.26 Å². The van der Waals surface area contributed by atoms with E-state index < -0.39 is 0 Å². The fraction of sp³-hybridized carbons (Fsp3) is 0.611. The van der Waals surface area contributed by atoms with Crippen molar-refractivity contribution in [3.8, 4) is 17.6 Å². The molecule has 1 N–H and O–H groups in total. The van der Waals surface area contributed by atoms with Gasteiger partial charge in [0.2, 0.25) is 0 Å². The number of hydrogen-bond donors (Lipinski definition) is 1. The van der Waals surface area contributed by atoms with Gasteiger partial charge in [0, 0.05) is 25.2 Å². The summed E-state index contributed by atoms with van der Waals surface area (Å²) >= 11 is 0. The maximum atomic E-state index is 9.29. The molecule has 0 saturated heterocycles. The number of benzene rings is 1. The average molecular weight is 318 g/mol. The van der Waals surface area contributed by atoms with Crippen LogP contribution in [0.5, 0.6) is 11.5 Å². The number of hydrogen-bond acceptors (Lipinski definition) is 5. The molecule has 5 nitrogen and oxygen atoms in total. The second-order valence-electron chi connectivity index (χ2n) is 5.88. The molecule has 1 fully saturated rings. The lowest BCUT2D eigenvalue weighted by Crippen LogP contribution is -2.41. The molecule has 0 aromatic heterocycles. The first-order chi connectivity index (χ1) is 11.3. The van der Waals surface area contributed by atoms with E-state index in [9.17, 15) is 5.11 Å². The van der Waals surface area contributed by atoms with Crippen molar-refractivity contribution in [2.75, 3.05) is 33.4 Å². The van der Waals surface area contributed by atoms with Crippen molar-refractivity contribution in [1.82, 2.24) is 4.90 Å². The molecular weight excluding hydrogens is 292 g/mol. The third kappa shape index (κ3) is 5.12. The monoisotopic (exact) mass is 318 g/mol. The Morgan fingerprint density at radius 2 is 2.00 bits per heavy atom. The number of aliphatic hydroxyl groups excluding tert-OH is 1. The predicted octanol–water partition coefficient (Wildman–Crippen LogP) is 2.57. The molecule has 1 aliphatic rings. The Labute approximate surface area is 138 Å². The van der Waals surface area contributed by atoms with Gasteiger partial charge in [-0.25, -0.2) is 0 Å². The lowest BCUT2D eigenvalue weighted by molar-refractivity contribution is 0.105. The van der Waals surface area contributed by atoms with Crippen LogP contribution in [-0.4, -0.2) is 49.5 Å². The van der Waals surface area contributed by atoms with Gasteiger partial charge in [0.15, 0.2) is 11.5 Å². The molecule has 1 saturated carbocycles. The molecule has 0 bridgehead atoms. The van der Waals surface area contributed by atoms with E-state index in [1.807, 2.05) is 0 Å². The van der Waals surface area contributed by atoms with Gasteiger partial charge in [-0.3, -0.25) is 4.90 Å². The summed E-state index contributed by atoms with van der Waals surface area (Å²) in [6.45, 7) is 2.20. The molecule has 2 rings (SSSR count). The summed E-state index contributed by atoms with van der Waals surface area (Å²) in [6, 6.07) is 7.83. The SMILES string of the molecule is COc1cc(C#N)ccc1OCCN(CCO)C1CCCCC1. The van der Waals surface area contributed by atoms with Gasteiger partial charge in [-0.05, 0) is 25.0 Å². The number of methoxy groups -OCH3 is 1. The minimum absolute atomic E-state index is 0.177. The normalized spacial score (nSPS) is 15.4. The molecule has 5 heteroatoms. The Bertz CT molecular complexity index is 521. The Balaban J connectivity index is 1.90. The van der Waals surface area contributed by atoms with Gasteiger partial charge < -0.3 is 14.6 Å². The summed E-state index contributed by atoms with van der Waals surface area (Å²) in [5.74, 6) is 1.23. The van der Waals surface area contributed by atoms with Crippen LogP contribution < -0.4 is 9.47 Å². The highest BCUT2D eigenvalue weighted by molar-refractivity contribution is 5.46. The van der Waals surface area contributed by atoms with Gasteiger partial charge in [0.05, 0.1) is 25.3 Å². The van der Waals surface area contributed by atoms with Crippen LogP contribution in [0, 0.1) is 11.3 Å². The third-order valence-electron chi connectivity index (χ3n) is 4.41. The van der Waals surface area contributed by atoms with E-state index in [0.717, 1.165) is 6.54 Å². The fourth-order valence-electron chi connectivity index (χ4n) is 3.18. The fourth-order valence-corrected chi connectivity index (χ4v) is 3.18. The summed E-state index contributed by atoms with van der Waals surface area (Å²) in [4.78, 5) is 2.33. The maximum Gasteiger partial charge on any atom is 0.162 e. The summed E-state index contributed by atoms with van der Waals surface area (Å²) in [5.41, 5.74) is 0.554. The van der Waals surface area contributed by atoms with Crippen molar-refractivity contribution in [1.29, 1.82) is 5.26 Å². The number of ether oxygens (including phenoxy) is 2. The number of aliphatic hydroxyl groups is 1. The van der Waals surface area contributed by atoms with Crippen LogP contribution in [0.15, 0.2) is 18.2 Å². The van der Waals surface area contributed by atoms with E-state index in [1.54, 1.807) is 25.3 Å². The van der Waals surface area contributed by atoms with Crippen molar-refractivity contribution in [3.63, 3.8) is 0 Å². The van der Waals surface area contributed by atoms with Crippen LogP contribution in [0.1, 0.15) is 37.7 Å². The minimum atomic E-state index is 0.177. The van der Waals surface area contributed by atoms with E-state index >= 15 is 0 Å². The van der Waals surface area contributed by atoms with Gasteiger partial charge in [0.25, 0.3) is 0 Å². The Morgan fingerprint density at radius 1 is 1.22 bits per heavy atom. The van der Waals surface area contributed by atoms with Gasteiger partial charge in [-0.1, -0.05) is 19.3 Å². The second kappa shape index (κ2) is 9.39. The molecule has 1 aromatic rings. The summed E-state index contributed by atoms with van der Waals surface area (Å²) < 4.78 is 11.1. The lowest BCUT2D eigenvalue weighted by atomic mass is 9.94. The van der Waals surface area contributed by atoms with Crippen LogP contribution in [0.25, 0.3) is 0 Å². The summed E-state index contributed by atoms with van der Waals surface area (Å²) in [5, 5.41) is 18.2. The van der Waals surface area contributed by atoms with Crippen molar-refractivity contribution in [3.05, 3.63) is 23.8 Å². The van der Waals surface area contributed by atoms with E-state index in [2.05, 4.69) is 11.0 Å². The number of nitriles is 1. The molecule has 0 atom stereocenters. The molecule has 23 heavy (non-hydrogen) atoms. The standard InChI is InChI=1S/C18H26N2O3/c1-22-18-13-15(14-19)7-8-17(18)23-12-10-20(9-11-21)16-5-3-2-4-6-16/h7-8,13,16,21H,2-6,9-12H2,1H3. The Kier molecular flexibility index (Phi) is 7.18. The molecule has 0 spiro atoms. The largest absolute Gasteiger partial charge is 0.493 e. The van der Waals surface area contributed by atoms with Crippen LogP contribution in [0.2, 0.25) is 0 Å². The smallest absolute Gasteiger partial charge is 0.162 e. The molecule has 126 valence electrons. The van der Waals surface area contributed by atoms with E-state index in [-0.39, 0.29) is 6.61 Å². The predicted molar refractivity (Wildman–Crippen MR) is 88.7 cm³/mol. The Hall–Kier alpha value is -1.77. The van der Waals surface area contributed by atoms with Crippen LogP contribution in [-0.2, 0) is 0 Å². The highest BCUT2D eigenvalue weighted by Gasteiger charge is 2.20. The zero-order valence-corrected chi connectivity index (χ0v) is 13.8. The molecule has 1 aromatic carbocycles. The highest BCUT2D eigenvalue weighted by Crippen LogP contribution is 2.28. The third-order valence-corrected chi connectivity index (χ3v) is 4.41. The van der Waals surface area contributed by atoms with Crippen molar-refractivity contribution < 1.29 is 14.6 Å². The zero-order chi connectivity index (χ0) is 16.5. The second-order valence-corrected chi connectivity index (χ2v) is 5.88. The van der Waals surface area contributed by atoms with Crippen LogP contribution >= 0.6 is 0 Å². The Morgan fingerprint density at radius 3 is 2.65 bits per heavy atom. The van der Waals surface area contributed by atoms with Crippen molar-refractivity contribution >= 4 is 0 Å². The molecule has 0 aliphatic heterocycles. The minimum Gasteiger partial charge on any atom is -0.493 e. The van der Waals surface area contributed by atoms with Crippen molar-refractivity contribution in [2.45, 2.75) is 38.1 Å². The average Bonchev–Trinajstić information content (AvgIpc) is 2.61. The first-order valence-corrected chi connectivity index (χ1v) is 8.34. The van der Waals surface area contributed by atoms with Crippen molar-refractivity contribution in [2.24, 2.45) is 0 Å². The van der Waals surface area contributed by atoms with E-state index in [0.29, 0.717) is 36.3 Å².